The Bertz CT molecular complexity index is 1190. The second-order valence-electron chi connectivity index (χ2n) is 13.6. The molecule has 1 fully saturated rings. The van der Waals surface area contributed by atoms with Gasteiger partial charge in [0.05, 0.1) is 13.2 Å². The summed E-state index contributed by atoms with van der Waals surface area (Å²) < 4.78 is 30.2. The van der Waals surface area contributed by atoms with Crippen molar-refractivity contribution < 1.29 is 33.3 Å². The number of rotatable bonds is 20. The molecule has 262 valence electrons. The van der Waals surface area contributed by atoms with E-state index in [1.165, 1.54) is 11.1 Å². The molecule has 2 unspecified atom stereocenters. The van der Waals surface area contributed by atoms with Crippen molar-refractivity contribution in [3.8, 4) is 5.75 Å². The quantitative estimate of drug-likeness (QED) is 0.0652. The van der Waals surface area contributed by atoms with Crippen molar-refractivity contribution in [2.75, 3.05) is 13.2 Å². The molecule has 1 N–H and O–H groups in total. The molecule has 0 heterocycles. The molecule has 2 aliphatic carbocycles. The van der Waals surface area contributed by atoms with Gasteiger partial charge < -0.3 is 28.5 Å². The normalized spacial score (nSPS) is 21.8. The van der Waals surface area contributed by atoms with Crippen LogP contribution in [0.25, 0.3) is 0 Å². The van der Waals surface area contributed by atoms with Crippen LogP contribution >= 0.6 is 0 Å². The van der Waals surface area contributed by atoms with E-state index in [4.69, 9.17) is 23.4 Å². The molecular weight excluding hydrogens is 609 g/mol. The van der Waals surface area contributed by atoms with Gasteiger partial charge in [-0.15, -0.1) is 0 Å². The molecule has 6 atom stereocenters. The minimum Gasteiger partial charge on any atom is -0.488 e. The van der Waals surface area contributed by atoms with Gasteiger partial charge in [0.25, 0.3) is 0 Å². The van der Waals surface area contributed by atoms with Gasteiger partial charge in [0.1, 0.15) is 18.5 Å². The molecule has 2 aliphatic rings. The van der Waals surface area contributed by atoms with E-state index in [1.54, 1.807) is 0 Å². The van der Waals surface area contributed by atoms with E-state index >= 15 is 0 Å². The van der Waals surface area contributed by atoms with E-state index in [0.29, 0.717) is 31.0 Å². The third-order valence-electron chi connectivity index (χ3n) is 10.8. The summed E-state index contributed by atoms with van der Waals surface area (Å²) in [5, 5.41) is 10.5. The highest BCUT2D eigenvalue weighted by molar-refractivity contribution is 6.73. The molecule has 2 aromatic carbocycles. The molecule has 1 saturated carbocycles. The lowest BCUT2D eigenvalue weighted by Gasteiger charge is -2.36. The van der Waals surface area contributed by atoms with Crippen molar-refractivity contribution in [1.29, 1.82) is 0 Å². The van der Waals surface area contributed by atoms with Crippen LogP contribution in [0.5, 0.6) is 5.75 Å². The lowest BCUT2D eigenvalue weighted by molar-refractivity contribution is -0.127. The topological polar surface area (TPSA) is 83.5 Å². The molecule has 4 rings (SSSR count). The predicted octanol–water partition coefficient (Wildman–Crippen LogP) is 9.24. The minimum atomic E-state index is -1.83. The number of fused-ring (bicyclic) bond motifs is 2. The average molecular weight is 669 g/mol. The molecule has 0 spiro atoms. The highest BCUT2D eigenvalue weighted by Crippen LogP contribution is 2.50. The Morgan fingerprint density at radius 1 is 0.936 bits per heavy atom. The first-order chi connectivity index (χ1) is 22.8. The van der Waals surface area contributed by atoms with Gasteiger partial charge in [-0.05, 0) is 111 Å². The van der Waals surface area contributed by atoms with Crippen LogP contribution in [0, 0.1) is 17.8 Å². The number of hydrogen-bond donors (Lipinski definition) is 1. The van der Waals surface area contributed by atoms with Crippen LogP contribution in [-0.4, -0.2) is 51.3 Å². The Morgan fingerprint density at radius 2 is 1.70 bits per heavy atom. The maximum atomic E-state index is 12.3. The summed E-state index contributed by atoms with van der Waals surface area (Å²) >= 11 is 0. The van der Waals surface area contributed by atoms with E-state index in [1.807, 2.05) is 43.3 Å². The lowest BCUT2D eigenvalue weighted by Crippen LogP contribution is -2.42. The Hall–Kier alpha value is -2.39. The molecule has 47 heavy (non-hydrogen) atoms. The smallest absolute Gasteiger partial charge is 0.488 e. The van der Waals surface area contributed by atoms with Crippen molar-refractivity contribution >= 4 is 14.5 Å². The zero-order valence-electron chi connectivity index (χ0n) is 29.6. The standard InChI is InChI=1S/C39H60O7Si/c1-6-11-13-20-32(45-39(41)42-7-2)22-23-33-34-24-30-19-16-21-36(43-28-38(40)44-27-29-17-14-12-15-18-29)35(30)25-31(34)26-37(33)46-47(8-3,9-4)10-5/h12,14-19,21,31-34,37-38,40H,6-11,13,20,22-28H2,1-5H3/t31-,32-,33+,34-,37?,38?/m0/s1. The Morgan fingerprint density at radius 3 is 2.40 bits per heavy atom. The number of carbonyl (C=O) groups excluding carboxylic acids is 1. The number of unbranched alkanes of at least 4 members (excludes halogenated alkanes) is 2. The number of ether oxygens (including phenoxy) is 4. The summed E-state index contributed by atoms with van der Waals surface area (Å²) in [4.78, 5) is 12.3. The second-order valence-corrected chi connectivity index (χ2v) is 18.3. The van der Waals surface area contributed by atoms with Crippen LogP contribution in [0.3, 0.4) is 0 Å². The summed E-state index contributed by atoms with van der Waals surface area (Å²) in [5.74, 6) is 2.28. The van der Waals surface area contributed by atoms with Crippen molar-refractivity contribution in [1.82, 2.24) is 0 Å². The van der Waals surface area contributed by atoms with Gasteiger partial charge in [0.2, 0.25) is 0 Å². The maximum absolute atomic E-state index is 12.3. The molecule has 0 amide bonds. The van der Waals surface area contributed by atoms with Gasteiger partial charge in [0.15, 0.2) is 14.6 Å². The van der Waals surface area contributed by atoms with Crippen LogP contribution in [-0.2, 0) is 38.1 Å². The predicted molar refractivity (Wildman–Crippen MR) is 189 cm³/mol. The zero-order chi connectivity index (χ0) is 33.6. The lowest BCUT2D eigenvalue weighted by atomic mass is 9.73. The number of benzene rings is 2. The van der Waals surface area contributed by atoms with Gasteiger partial charge >= 0.3 is 6.16 Å². The summed E-state index contributed by atoms with van der Waals surface area (Å²) in [7, 11) is -1.83. The number of carbonyl (C=O) groups is 1. The number of aliphatic hydroxyl groups is 1. The van der Waals surface area contributed by atoms with Crippen LogP contribution in [0.1, 0.15) is 96.3 Å². The fourth-order valence-electron chi connectivity index (χ4n) is 7.89. The van der Waals surface area contributed by atoms with E-state index in [2.05, 4.69) is 39.8 Å². The van der Waals surface area contributed by atoms with Crippen LogP contribution in [0.4, 0.5) is 4.79 Å². The van der Waals surface area contributed by atoms with Crippen molar-refractivity contribution in [2.45, 2.75) is 136 Å². The van der Waals surface area contributed by atoms with Gasteiger partial charge in [-0.3, -0.25) is 0 Å². The van der Waals surface area contributed by atoms with E-state index in [-0.39, 0.29) is 18.8 Å². The molecule has 2 aromatic rings. The molecular formula is C39H60O7Si. The van der Waals surface area contributed by atoms with Gasteiger partial charge in [-0.1, -0.05) is 83.0 Å². The molecule has 0 saturated heterocycles. The first-order valence-corrected chi connectivity index (χ1v) is 21.0. The number of hydrogen-bond acceptors (Lipinski definition) is 7. The van der Waals surface area contributed by atoms with Crippen molar-refractivity contribution in [3.63, 3.8) is 0 Å². The van der Waals surface area contributed by atoms with Gasteiger partial charge in [-0.25, -0.2) is 4.79 Å². The third kappa shape index (κ3) is 10.5. The van der Waals surface area contributed by atoms with E-state index < -0.39 is 20.8 Å². The fraction of sp³-hybridized carbons (Fsp3) is 0.667. The first kappa shape index (κ1) is 37.4. The monoisotopic (exact) mass is 668 g/mol. The summed E-state index contributed by atoms with van der Waals surface area (Å²) in [6, 6.07) is 19.6. The molecule has 0 bridgehead atoms. The number of aliphatic hydroxyl groups excluding tert-OH is 1. The maximum Gasteiger partial charge on any atom is 0.508 e. The van der Waals surface area contributed by atoms with Crippen LogP contribution in [0.15, 0.2) is 48.5 Å². The van der Waals surface area contributed by atoms with Gasteiger partial charge in [0, 0.05) is 6.10 Å². The van der Waals surface area contributed by atoms with E-state index in [0.717, 1.165) is 87.2 Å². The molecule has 0 aliphatic heterocycles. The van der Waals surface area contributed by atoms with Crippen molar-refractivity contribution in [2.24, 2.45) is 17.8 Å². The Balaban J connectivity index is 1.48. The SMILES string of the molecule is CCCCC[C@@H](CC[C@H]1C(O[Si](CC)(CC)CC)C[C@@H]2Cc3c(cccc3OCC(O)OCc3ccccc3)C[C@@H]21)OC(=O)OCC. The molecule has 8 heteroatoms. The summed E-state index contributed by atoms with van der Waals surface area (Å²) in [5.41, 5.74) is 3.61. The highest BCUT2D eigenvalue weighted by atomic mass is 28.4. The Kier molecular flexibility index (Phi) is 15.1. The zero-order valence-corrected chi connectivity index (χ0v) is 30.6. The van der Waals surface area contributed by atoms with E-state index in [9.17, 15) is 9.90 Å². The minimum absolute atomic E-state index is 0.0866. The molecule has 0 radical (unpaired) electrons. The van der Waals surface area contributed by atoms with Crippen LogP contribution < -0.4 is 4.74 Å². The first-order valence-electron chi connectivity index (χ1n) is 18.4. The van der Waals surface area contributed by atoms with Gasteiger partial charge in [-0.2, -0.15) is 0 Å². The fourth-order valence-corrected chi connectivity index (χ4v) is 10.8. The summed E-state index contributed by atoms with van der Waals surface area (Å²) in [6.07, 6.45) is 7.57. The highest BCUT2D eigenvalue weighted by Gasteiger charge is 2.48. The second kappa shape index (κ2) is 19.0. The third-order valence-corrected chi connectivity index (χ3v) is 15.5. The van der Waals surface area contributed by atoms with Crippen LogP contribution in [0.2, 0.25) is 18.1 Å². The Labute approximate surface area is 284 Å². The average Bonchev–Trinajstić information content (AvgIpc) is 3.42. The van der Waals surface area contributed by atoms with Crippen molar-refractivity contribution in [3.05, 3.63) is 65.2 Å². The largest absolute Gasteiger partial charge is 0.508 e. The molecule has 0 aromatic heterocycles. The summed E-state index contributed by atoms with van der Waals surface area (Å²) in [6.45, 7) is 11.7. The molecule has 7 nitrogen and oxygen atoms in total.